The van der Waals surface area contributed by atoms with Gasteiger partial charge in [0, 0.05) is 25.1 Å². The zero-order valence-electron chi connectivity index (χ0n) is 11.1. The second-order valence-electron chi connectivity index (χ2n) is 5.56. The molecule has 0 spiro atoms. The van der Waals surface area contributed by atoms with Crippen LogP contribution in [0.15, 0.2) is 5.38 Å². The van der Waals surface area contributed by atoms with Crippen LogP contribution in [0.3, 0.4) is 0 Å². The number of thiazole rings is 1. The fourth-order valence-corrected chi connectivity index (χ4v) is 3.82. The van der Waals surface area contributed by atoms with Crippen LogP contribution in [0.5, 0.6) is 0 Å². The molecule has 3 rings (SSSR count). The smallest absolute Gasteiger partial charge is 0.125 e. The number of rotatable bonds is 5. The molecule has 0 unspecified atom stereocenters. The summed E-state index contributed by atoms with van der Waals surface area (Å²) >= 11 is 1.78. The van der Waals surface area contributed by atoms with Crippen molar-refractivity contribution in [1.82, 2.24) is 10.3 Å². The van der Waals surface area contributed by atoms with E-state index in [1.807, 2.05) is 7.11 Å². The summed E-state index contributed by atoms with van der Waals surface area (Å²) < 4.78 is 5.84. The van der Waals surface area contributed by atoms with Gasteiger partial charge in [0.1, 0.15) is 10.6 Å². The highest BCUT2D eigenvalue weighted by molar-refractivity contribution is 7.09. The average molecular weight is 266 g/mol. The van der Waals surface area contributed by atoms with Crippen molar-refractivity contribution in [1.29, 1.82) is 0 Å². The molecule has 18 heavy (non-hydrogen) atoms. The van der Waals surface area contributed by atoms with Gasteiger partial charge in [-0.15, -0.1) is 11.3 Å². The molecule has 2 fully saturated rings. The van der Waals surface area contributed by atoms with Crippen molar-refractivity contribution < 1.29 is 4.74 Å². The number of hydrogen-bond acceptors (Lipinski definition) is 4. The molecule has 0 atom stereocenters. The van der Waals surface area contributed by atoms with Crippen molar-refractivity contribution in [3.05, 3.63) is 16.1 Å². The first kappa shape index (κ1) is 12.6. The molecule has 100 valence electrons. The fraction of sp³-hybridized carbons (Fsp3) is 0.786. The fourth-order valence-electron chi connectivity index (χ4n) is 2.76. The number of ether oxygens (including phenoxy) is 1. The normalized spacial score (nSPS) is 23.2. The predicted octanol–water partition coefficient (Wildman–Crippen LogP) is 3.20. The molecule has 0 saturated heterocycles. The summed E-state index contributed by atoms with van der Waals surface area (Å²) in [4.78, 5) is 4.81. The van der Waals surface area contributed by atoms with Gasteiger partial charge in [-0.1, -0.05) is 19.3 Å². The van der Waals surface area contributed by atoms with Gasteiger partial charge in [0.05, 0.1) is 5.69 Å². The molecule has 1 aromatic heterocycles. The Bertz CT molecular complexity index is 394. The summed E-state index contributed by atoms with van der Waals surface area (Å²) in [5, 5.41) is 6.91. The van der Waals surface area contributed by atoms with Crippen LogP contribution in [0, 0.1) is 0 Å². The minimum atomic E-state index is -0.0826. The molecule has 0 aromatic carbocycles. The highest BCUT2D eigenvalue weighted by Crippen LogP contribution is 2.41. The van der Waals surface area contributed by atoms with Gasteiger partial charge in [-0.25, -0.2) is 4.98 Å². The Morgan fingerprint density at radius 3 is 2.83 bits per heavy atom. The number of methoxy groups -OCH3 is 1. The molecule has 0 amide bonds. The first-order valence-corrected chi connectivity index (χ1v) is 7.94. The van der Waals surface area contributed by atoms with Gasteiger partial charge in [-0.05, 0) is 25.7 Å². The summed E-state index contributed by atoms with van der Waals surface area (Å²) in [6.07, 6.45) is 8.80. The molecular formula is C14H22N2OS. The number of aromatic nitrogens is 1. The lowest BCUT2D eigenvalue weighted by molar-refractivity contribution is -0.0447. The van der Waals surface area contributed by atoms with E-state index in [0.717, 1.165) is 25.4 Å². The van der Waals surface area contributed by atoms with Crippen molar-refractivity contribution in [2.24, 2.45) is 0 Å². The first-order chi connectivity index (χ1) is 8.82. The molecule has 1 aromatic rings. The van der Waals surface area contributed by atoms with E-state index in [0.29, 0.717) is 0 Å². The van der Waals surface area contributed by atoms with Crippen molar-refractivity contribution in [2.75, 3.05) is 7.11 Å². The van der Waals surface area contributed by atoms with Crippen LogP contribution in [-0.2, 0) is 16.9 Å². The minimum Gasteiger partial charge on any atom is -0.371 e. The second-order valence-corrected chi connectivity index (χ2v) is 6.42. The third kappa shape index (κ3) is 2.60. The molecule has 2 saturated carbocycles. The van der Waals surface area contributed by atoms with E-state index in [1.54, 1.807) is 11.3 Å². The van der Waals surface area contributed by atoms with Gasteiger partial charge >= 0.3 is 0 Å². The molecule has 3 nitrogen and oxygen atoms in total. The zero-order valence-corrected chi connectivity index (χ0v) is 11.9. The topological polar surface area (TPSA) is 34.1 Å². The lowest BCUT2D eigenvalue weighted by atomic mass is 9.85. The Morgan fingerprint density at radius 2 is 2.17 bits per heavy atom. The van der Waals surface area contributed by atoms with Crippen LogP contribution in [-0.4, -0.2) is 18.1 Å². The molecular weight excluding hydrogens is 244 g/mol. The lowest BCUT2D eigenvalue weighted by Crippen LogP contribution is -2.31. The highest BCUT2D eigenvalue weighted by Gasteiger charge is 2.36. The van der Waals surface area contributed by atoms with E-state index in [9.17, 15) is 0 Å². The molecule has 0 radical (unpaired) electrons. The number of hydrogen-bond donors (Lipinski definition) is 1. The van der Waals surface area contributed by atoms with Crippen LogP contribution >= 0.6 is 11.3 Å². The Labute approximate surface area is 113 Å². The van der Waals surface area contributed by atoms with Crippen molar-refractivity contribution >= 4 is 11.3 Å². The number of nitrogens with zero attached hydrogens (tertiary/aromatic N) is 1. The summed E-state index contributed by atoms with van der Waals surface area (Å²) in [6.45, 7) is 0.918. The Balaban J connectivity index is 1.69. The third-order valence-corrected chi connectivity index (χ3v) is 5.22. The van der Waals surface area contributed by atoms with E-state index in [2.05, 4.69) is 10.7 Å². The van der Waals surface area contributed by atoms with E-state index in [1.165, 1.54) is 42.8 Å². The van der Waals surface area contributed by atoms with Crippen LogP contribution < -0.4 is 5.32 Å². The average Bonchev–Trinajstić information content (AvgIpc) is 3.14. The molecule has 0 bridgehead atoms. The van der Waals surface area contributed by atoms with Gasteiger partial charge in [-0.2, -0.15) is 0 Å². The maximum absolute atomic E-state index is 5.84. The van der Waals surface area contributed by atoms with Gasteiger partial charge in [0.15, 0.2) is 0 Å². The molecule has 4 heteroatoms. The Hall–Kier alpha value is -0.450. The second kappa shape index (κ2) is 5.27. The Morgan fingerprint density at radius 1 is 1.39 bits per heavy atom. The van der Waals surface area contributed by atoms with Crippen molar-refractivity contribution in [2.45, 2.75) is 63.1 Å². The van der Waals surface area contributed by atoms with Crippen LogP contribution in [0.4, 0.5) is 0 Å². The summed E-state index contributed by atoms with van der Waals surface area (Å²) in [7, 11) is 1.84. The lowest BCUT2D eigenvalue weighted by Gasteiger charge is -2.34. The molecule has 0 aliphatic heterocycles. The Kier molecular flexibility index (Phi) is 3.68. The van der Waals surface area contributed by atoms with E-state index in [4.69, 9.17) is 9.72 Å². The summed E-state index contributed by atoms with van der Waals surface area (Å²) in [5.74, 6) is 0. The molecule has 1 N–H and O–H groups in total. The first-order valence-electron chi connectivity index (χ1n) is 7.06. The van der Waals surface area contributed by atoms with Crippen LogP contribution in [0.25, 0.3) is 0 Å². The van der Waals surface area contributed by atoms with Crippen LogP contribution in [0.1, 0.15) is 55.6 Å². The third-order valence-electron chi connectivity index (χ3n) is 4.14. The SMILES string of the molecule is COC1(c2nc(CNC3CC3)cs2)CCCCC1. The molecule has 1 heterocycles. The zero-order chi connectivity index (χ0) is 12.4. The van der Waals surface area contributed by atoms with Crippen molar-refractivity contribution in [3.63, 3.8) is 0 Å². The van der Waals surface area contributed by atoms with E-state index < -0.39 is 0 Å². The predicted molar refractivity (Wildman–Crippen MR) is 73.7 cm³/mol. The largest absolute Gasteiger partial charge is 0.371 e. The standard InChI is InChI=1S/C14H22N2OS/c1-17-14(7-3-2-4-8-14)13-16-12(10-18-13)9-15-11-5-6-11/h10-11,15H,2-9H2,1H3. The van der Waals surface area contributed by atoms with Gasteiger partial charge in [0.25, 0.3) is 0 Å². The summed E-state index contributed by atoms with van der Waals surface area (Å²) in [6, 6.07) is 0.751. The minimum absolute atomic E-state index is 0.0826. The van der Waals surface area contributed by atoms with Crippen LogP contribution in [0.2, 0.25) is 0 Å². The van der Waals surface area contributed by atoms with Gasteiger partial charge in [-0.3, -0.25) is 0 Å². The maximum Gasteiger partial charge on any atom is 0.125 e. The van der Waals surface area contributed by atoms with E-state index in [-0.39, 0.29) is 5.60 Å². The number of nitrogens with one attached hydrogen (secondary N) is 1. The molecule has 2 aliphatic rings. The monoisotopic (exact) mass is 266 g/mol. The van der Waals surface area contributed by atoms with Gasteiger partial charge in [0.2, 0.25) is 0 Å². The maximum atomic E-state index is 5.84. The van der Waals surface area contributed by atoms with Gasteiger partial charge < -0.3 is 10.1 Å². The highest BCUT2D eigenvalue weighted by atomic mass is 32.1. The van der Waals surface area contributed by atoms with E-state index >= 15 is 0 Å². The van der Waals surface area contributed by atoms with Crippen molar-refractivity contribution in [3.8, 4) is 0 Å². The summed E-state index contributed by atoms with van der Waals surface area (Å²) in [5.41, 5.74) is 1.10. The molecule has 2 aliphatic carbocycles. The quantitative estimate of drug-likeness (QED) is 0.888.